The van der Waals surface area contributed by atoms with Gasteiger partial charge in [-0.1, -0.05) is 49.0 Å². The lowest BCUT2D eigenvalue weighted by Gasteiger charge is -2.17. The van der Waals surface area contributed by atoms with Crippen LogP contribution in [0.2, 0.25) is 0 Å². The van der Waals surface area contributed by atoms with Crippen LogP contribution < -0.4 is 0 Å². The zero-order chi connectivity index (χ0) is 15.5. The number of aromatic nitrogens is 3. The van der Waals surface area contributed by atoms with Gasteiger partial charge in [-0.15, -0.1) is 10.2 Å². The van der Waals surface area contributed by atoms with E-state index in [1.165, 1.54) is 11.8 Å². The minimum absolute atomic E-state index is 0.148. The molecule has 1 aliphatic rings. The second-order valence-electron chi connectivity index (χ2n) is 5.36. The number of ether oxygens (including phenoxy) is 1. The van der Waals surface area contributed by atoms with Gasteiger partial charge in [0, 0.05) is 18.0 Å². The predicted octanol–water partition coefficient (Wildman–Crippen LogP) is 3.32. The summed E-state index contributed by atoms with van der Waals surface area (Å²) in [5.41, 5.74) is 1.04. The predicted molar refractivity (Wildman–Crippen MR) is 85.7 cm³/mol. The van der Waals surface area contributed by atoms with E-state index in [-0.39, 0.29) is 17.3 Å². The van der Waals surface area contributed by atoms with Gasteiger partial charge < -0.3 is 4.74 Å². The van der Waals surface area contributed by atoms with Gasteiger partial charge in [-0.3, -0.25) is 9.36 Å². The van der Waals surface area contributed by atoms with Crippen LogP contribution in [0.15, 0.2) is 35.5 Å². The lowest BCUT2D eigenvalue weighted by Crippen LogP contribution is -2.13. The number of nitrogens with zero attached hydrogens (tertiary/aromatic N) is 3. The lowest BCUT2D eigenvalue weighted by atomic mass is 10.2. The van der Waals surface area contributed by atoms with Gasteiger partial charge in [0.25, 0.3) is 0 Å². The Morgan fingerprint density at radius 3 is 2.77 bits per heavy atom. The molecule has 5 nitrogen and oxygen atoms in total. The number of cyclic esters (lactones) is 1. The van der Waals surface area contributed by atoms with Gasteiger partial charge in [0.1, 0.15) is 5.25 Å². The molecular formula is C16H19N3O2S. The van der Waals surface area contributed by atoms with E-state index < -0.39 is 0 Å². The Morgan fingerprint density at radius 1 is 1.36 bits per heavy atom. The fourth-order valence-corrected chi connectivity index (χ4v) is 3.53. The highest BCUT2D eigenvalue weighted by Crippen LogP contribution is 2.33. The van der Waals surface area contributed by atoms with Crippen molar-refractivity contribution in [1.29, 1.82) is 0 Å². The van der Waals surface area contributed by atoms with E-state index in [2.05, 4.69) is 28.6 Å². The van der Waals surface area contributed by atoms with Crippen LogP contribution in [0.1, 0.15) is 32.7 Å². The summed E-state index contributed by atoms with van der Waals surface area (Å²) in [7, 11) is 0. The molecule has 1 fully saturated rings. The fraction of sp³-hybridized carbons (Fsp3) is 0.438. The van der Waals surface area contributed by atoms with Crippen LogP contribution in [0.4, 0.5) is 0 Å². The van der Waals surface area contributed by atoms with Gasteiger partial charge in [0.05, 0.1) is 6.61 Å². The lowest BCUT2D eigenvalue weighted by molar-refractivity contribution is -0.137. The van der Waals surface area contributed by atoms with Gasteiger partial charge in [0.15, 0.2) is 11.0 Å². The third-order valence-corrected chi connectivity index (χ3v) is 5.06. The Bertz CT molecular complexity index is 657. The van der Waals surface area contributed by atoms with Crippen LogP contribution in [0.5, 0.6) is 0 Å². The van der Waals surface area contributed by atoms with Crippen molar-refractivity contribution in [1.82, 2.24) is 14.8 Å². The van der Waals surface area contributed by atoms with Gasteiger partial charge in [-0.05, 0) is 13.3 Å². The Hall–Kier alpha value is -1.82. The number of rotatable bonds is 5. The first-order valence-corrected chi connectivity index (χ1v) is 8.42. The first-order chi connectivity index (χ1) is 10.7. The Kier molecular flexibility index (Phi) is 4.47. The minimum Gasteiger partial charge on any atom is -0.465 e. The molecule has 3 rings (SSSR count). The Balaban J connectivity index is 1.96. The van der Waals surface area contributed by atoms with Crippen molar-refractivity contribution in [3.05, 3.63) is 30.3 Å². The molecule has 1 saturated heterocycles. The number of carbonyl (C=O) groups excluding carboxylic acids is 1. The Morgan fingerprint density at radius 2 is 2.14 bits per heavy atom. The highest BCUT2D eigenvalue weighted by atomic mass is 32.2. The number of carbonyl (C=O) groups is 1. The second-order valence-corrected chi connectivity index (χ2v) is 6.53. The van der Waals surface area contributed by atoms with Crippen LogP contribution >= 0.6 is 11.8 Å². The van der Waals surface area contributed by atoms with Crippen LogP contribution in [-0.2, 0) is 9.53 Å². The summed E-state index contributed by atoms with van der Waals surface area (Å²) in [6.07, 6.45) is 1.71. The number of thioether (sulfide) groups is 1. The van der Waals surface area contributed by atoms with Gasteiger partial charge in [-0.25, -0.2) is 0 Å². The summed E-state index contributed by atoms with van der Waals surface area (Å²) < 4.78 is 7.17. The molecule has 0 aliphatic carbocycles. The van der Waals surface area contributed by atoms with Crippen LogP contribution in [0, 0.1) is 0 Å². The smallest absolute Gasteiger partial charge is 0.319 e. The van der Waals surface area contributed by atoms with Crippen molar-refractivity contribution in [2.45, 2.75) is 43.1 Å². The van der Waals surface area contributed by atoms with E-state index in [1.807, 2.05) is 30.3 Å². The summed E-state index contributed by atoms with van der Waals surface area (Å²) in [6, 6.07) is 10.3. The second kappa shape index (κ2) is 6.52. The molecule has 2 aromatic rings. The molecule has 0 unspecified atom stereocenters. The fourth-order valence-electron chi connectivity index (χ4n) is 2.43. The number of benzene rings is 1. The van der Waals surface area contributed by atoms with E-state index in [9.17, 15) is 4.79 Å². The minimum atomic E-state index is -0.171. The first kappa shape index (κ1) is 15.1. The molecule has 0 amide bonds. The summed E-state index contributed by atoms with van der Waals surface area (Å²) in [5.74, 6) is 0.703. The largest absolute Gasteiger partial charge is 0.465 e. The van der Waals surface area contributed by atoms with Gasteiger partial charge >= 0.3 is 5.97 Å². The maximum Gasteiger partial charge on any atom is 0.319 e. The van der Waals surface area contributed by atoms with Crippen molar-refractivity contribution in [3.8, 4) is 11.4 Å². The summed E-state index contributed by atoms with van der Waals surface area (Å²) in [4.78, 5) is 11.7. The normalized spacial score (nSPS) is 19.2. The molecule has 2 atom stereocenters. The molecule has 1 aromatic carbocycles. The van der Waals surface area contributed by atoms with E-state index in [0.29, 0.717) is 6.61 Å². The van der Waals surface area contributed by atoms with E-state index in [0.717, 1.165) is 29.4 Å². The average Bonchev–Trinajstić information content (AvgIpc) is 3.15. The zero-order valence-corrected chi connectivity index (χ0v) is 13.5. The highest BCUT2D eigenvalue weighted by Gasteiger charge is 2.30. The molecule has 0 saturated carbocycles. The Labute approximate surface area is 134 Å². The molecular weight excluding hydrogens is 298 g/mol. The topological polar surface area (TPSA) is 57.0 Å². The summed E-state index contributed by atoms with van der Waals surface area (Å²) in [5, 5.41) is 9.31. The van der Waals surface area contributed by atoms with Gasteiger partial charge in [-0.2, -0.15) is 0 Å². The molecule has 0 N–H and O–H groups in total. The zero-order valence-electron chi connectivity index (χ0n) is 12.7. The molecule has 22 heavy (non-hydrogen) atoms. The van der Waals surface area contributed by atoms with E-state index >= 15 is 0 Å². The monoisotopic (exact) mass is 317 g/mol. The average molecular weight is 317 g/mol. The third-order valence-electron chi connectivity index (χ3n) is 3.86. The van der Waals surface area contributed by atoms with Gasteiger partial charge in [0.2, 0.25) is 0 Å². The molecule has 6 heteroatoms. The standard InChI is InChI=1S/C16H19N3O2S/c1-3-11(2)19-14(12-7-5-4-6-8-12)17-18-16(19)22-13-9-10-21-15(13)20/h4-8,11,13H,3,9-10H2,1-2H3/t11-,13+/m0/s1. The van der Waals surface area contributed by atoms with Crippen molar-refractivity contribution >= 4 is 17.7 Å². The number of esters is 1. The maximum atomic E-state index is 11.7. The van der Waals surface area contributed by atoms with Crippen LogP contribution in [0.3, 0.4) is 0 Å². The molecule has 1 aliphatic heterocycles. The van der Waals surface area contributed by atoms with Crippen molar-refractivity contribution < 1.29 is 9.53 Å². The first-order valence-electron chi connectivity index (χ1n) is 7.54. The van der Waals surface area contributed by atoms with E-state index in [4.69, 9.17) is 4.74 Å². The molecule has 116 valence electrons. The quantitative estimate of drug-likeness (QED) is 0.792. The van der Waals surface area contributed by atoms with Crippen LogP contribution in [-0.4, -0.2) is 32.6 Å². The molecule has 0 bridgehead atoms. The highest BCUT2D eigenvalue weighted by molar-refractivity contribution is 8.00. The number of hydrogen-bond donors (Lipinski definition) is 0. The summed E-state index contributed by atoms with van der Waals surface area (Å²) in [6.45, 7) is 4.78. The maximum absolute atomic E-state index is 11.7. The van der Waals surface area contributed by atoms with Crippen molar-refractivity contribution in [2.24, 2.45) is 0 Å². The third kappa shape index (κ3) is 2.88. The summed E-state index contributed by atoms with van der Waals surface area (Å²) >= 11 is 1.46. The van der Waals surface area contributed by atoms with E-state index in [1.54, 1.807) is 0 Å². The van der Waals surface area contributed by atoms with Crippen molar-refractivity contribution in [2.75, 3.05) is 6.61 Å². The SMILES string of the molecule is CC[C@H](C)n1c(S[C@@H]2CCOC2=O)nnc1-c1ccccc1. The van der Waals surface area contributed by atoms with Crippen LogP contribution in [0.25, 0.3) is 11.4 Å². The van der Waals surface area contributed by atoms with Crippen molar-refractivity contribution in [3.63, 3.8) is 0 Å². The molecule has 0 spiro atoms. The molecule has 1 aromatic heterocycles. The molecule has 0 radical (unpaired) electrons. The molecule has 2 heterocycles. The number of hydrogen-bond acceptors (Lipinski definition) is 5.